The van der Waals surface area contributed by atoms with Crippen LogP contribution in [-0.2, 0) is 11.3 Å². The minimum absolute atomic E-state index is 0.00215. The number of rotatable bonds is 4. The SMILES string of the molecule is O=C(Nc1cccc2cccnc12)C1CCC(Cn2c(=O)[nH]c3ccccc3c2=O)CC1. The van der Waals surface area contributed by atoms with E-state index < -0.39 is 0 Å². The number of hydrogen-bond acceptors (Lipinski definition) is 4. The van der Waals surface area contributed by atoms with Crippen LogP contribution in [0.15, 0.2) is 70.4 Å². The summed E-state index contributed by atoms with van der Waals surface area (Å²) in [6.07, 6.45) is 4.78. The summed E-state index contributed by atoms with van der Waals surface area (Å²) in [5.74, 6) is 0.109. The molecule has 7 heteroatoms. The van der Waals surface area contributed by atoms with E-state index in [1.165, 1.54) is 4.57 Å². The summed E-state index contributed by atoms with van der Waals surface area (Å²) >= 11 is 0. The van der Waals surface area contributed by atoms with Gasteiger partial charge in [-0.3, -0.25) is 19.1 Å². The molecule has 32 heavy (non-hydrogen) atoms. The number of anilines is 1. The van der Waals surface area contributed by atoms with Crippen molar-refractivity contribution in [2.75, 3.05) is 5.32 Å². The molecular formula is C25H24N4O3. The maximum absolute atomic E-state index is 12.9. The fourth-order valence-electron chi connectivity index (χ4n) is 4.67. The number of nitrogens with one attached hydrogen (secondary N) is 2. The van der Waals surface area contributed by atoms with Gasteiger partial charge in [-0.2, -0.15) is 0 Å². The summed E-state index contributed by atoms with van der Waals surface area (Å²) in [5.41, 5.74) is 1.43. The Bertz CT molecular complexity index is 1410. The number of fused-ring (bicyclic) bond motifs is 2. The number of carbonyl (C=O) groups is 1. The number of nitrogens with zero attached hydrogens (tertiary/aromatic N) is 2. The Morgan fingerprint density at radius 3 is 2.62 bits per heavy atom. The molecule has 0 unspecified atom stereocenters. The zero-order chi connectivity index (χ0) is 22.1. The lowest BCUT2D eigenvalue weighted by Crippen LogP contribution is -2.38. The number of para-hydroxylation sites is 2. The van der Waals surface area contributed by atoms with Gasteiger partial charge in [-0.25, -0.2) is 4.79 Å². The van der Waals surface area contributed by atoms with E-state index in [2.05, 4.69) is 15.3 Å². The van der Waals surface area contributed by atoms with Gasteiger partial charge in [-0.15, -0.1) is 0 Å². The van der Waals surface area contributed by atoms with Crippen molar-refractivity contribution in [3.05, 3.63) is 81.6 Å². The standard InChI is InChI=1S/C25H24N4O3/c30-23(27-21-9-3-5-17-6-4-14-26-22(17)21)18-12-10-16(11-13-18)15-29-24(31)19-7-1-2-8-20(19)28-25(29)32/h1-9,14,16,18H,10-13,15H2,(H,27,30)(H,28,32). The second-order valence-electron chi connectivity index (χ2n) is 8.48. The van der Waals surface area contributed by atoms with Crippen molar-refractivity contribution in [3.8, 4) is 0 Å². The molecule has 0 aliphatic heterocycles. The van der Waals surface area contributed by atoms with Crippen LogP contribution >= 0.6 is 0 Å². The fraction of sp³-hybridized carbons (Fsp3) is 0.280. The van der Waals surface area contributed by atoms with Crippen LogP contribution in [0.5, 0.6) is 0 Å². The Morgan fingerprint density at radius 1 is 1.00 bits per heavy atom. The van der Waals surface area contributed by atoms with Crippen molar-refractivity contribution in [1.82, 2.24) is 14.5 Å². The van der Waals surface area contributed by atoms with Crippen LogP contribution in [0.4, 0.5) is 5.69 Å². The van der Waals surface area contributed by atoms with E-state index in [1.807, 2.05) is 30.3 Å². The van der Waals surface area contributed by atoms with Crippen LogP contribution in [0.25, 0.3) is 21.8 Å². The lowest BCUT2D eigenvalue weighted by Gasteiger charge is -2.28. The lowest BCUT2D eigenvalue weighted by atomic mass is 9.81. The zero-order valence-electron chi connectivity index (χ0n) is 17.6. The highest BCUT2D eigenvalue weighted by molar-refractivity contribution is 6.01. The predicted molar refractivity (Wildman–Crippen MR) is 125 cm³/mol. The molecule has 1 fully saturated rings. The van der Waals surface area contributed by atoms with Gasteiger partial charge in [0.2, 0.25) is 5.91 Å². The molecule has 7 nitrogen and oxygen atoms in total. The molecule has 0 radical (unpaired) electrons. The molecule has 0 spiro atoms. The third-order valence-electron chi connectivity index (χ3n) is 6.44. The second-order valence-corrected chi connectivity index (χ2v) is 8.48. The highest BCUT2D eigenvalue weighted by atomic mass is 16.2. The Morgan fingerprint density at radius 2 is 1.78 bits per heavy atom. The van der Waals surface area contributed by atoms with E-state index in [0.29, 0.717) is 17.4 Å². The maximum atomic E-state index is 12.9. The van der Waals surface area contributed by atoms with E-state index in [1.54, 1.807) is 30.5 Å². The number of pyridine rings is 1. The van der Waals surface area contributed by atoms with Gasteiger partial charge in [-0.1, -0.05) is 30.3 Å². The Balaban J connectivity index is 1.26. The van der Waals surface area contributed by atoms with Gasteiger partial charge in [0.05, 0.1) is 22.1 Å². The molecule has 1 aliphatic rings. The predicted octanol–water partition coefficient (Wildman–Crippen LogP) is 3.68. The average molecular weight is 428 g/mol. The Labute approximate surface area is 184 Å². The van der Waals surface area contributed by atoms with Crippen LogP contribution in [0.3, 0.4) is 0 Å². The highest BCUT2D eigenvalue weighted by Gasteiger charge is 2.27. The van der Waals surface area contributed by atoms with Crippen LogP contribution in [0, 0.1) is 11.8 Å². The number of aromatic nitrogens is 3. The zero-order valence-corrected chi connectivity index (χ0v) is 17.6. The number of H-pyrrole nitrogens is 1. The first-order chi connectivity index (χ1) is 15.6. The van der Waals surface area contributed by atoms with Gasteiger partial charge in [0.15, 0.2) is 0 Å². The number of hydrogen-bond donors (Lipinski definition) is 2. The molecule has 2 aromatic carbocycles. The van der Waals surface area contributed by atoms with E-state index in [9.17, 15) is 14.4 Å². The second kappa shape index (κ2) is 8.42. The van der Waals surface area contributed by atoms with Gasteiger partial charge in [0.25, 0.3) is 5.56 Å². The Kier molecular flexibility index (Phi) is 5.31. The molecule has 1 aliphatic carbocycles. The summed E-state index contributed by atoms with van der Waals surface area (Å²) < 4.78 is 1.30. The highest BCUT2D eigenvalue weighted by Crippen LogP contribution is 2.31. The quantitative estimate of drug-likeness (QED) is 0.518. The molecule has 1 saturated carbocycles. The normalized spacial score (nSPS) is 18.6. The number of amides is 1. The molecule has 2 heterocycles. The molecule has 0 bridgehead atoms. The van der Waals surface area contributed by atoms with Crippen molar-refractivity contribution in [2.45, 2.75) is 32.2 Å². The minimum atomic E-state index is -0.378. The topological polar surface area (TPSA) is 96.8 Å². The summed E-state index contributed by atoms with van der Waals surface area (Å²) in [6, 6.07) is 16.7. The van der Waals surface area contributed by atoms with Gasteiger partial charge in [0, 0.05) is 24.0 Å². The van der Waals surface area contributed by atoms with E-state index in [0.717, 1.165) is 42.3 Å². The molecule has 4 aromatic rings. The summed E-state index contributed by atoms with van der Waals surface area (Å²) in [6.45, 7) is 0.376. The molecule has 162 valence electrons. The molecule has 5 rings (SSSR count). The van der Waals surface area contributed by atoms with Gasteiger partial charge in [-0.05, 0) is 55.9 Å². The summed E-state index contributed by atoms with van der Waals surface area (Å²) in [5, 5.41) is 4.55. The van der Waals surface area contributed by atoms with Gasteiger partial charge >= 0.3 is 5.69 Å². The summed E-state index contributed by atoms with van der Waals surface area (Å²) in [7, 11) is 0. The molecule has 0 atom stereocenters. The fourth-order valence-corrected chi connectivity index (χ4v) is 4.67. The molecular weight excluding hydrogens is 404 g/mol. The van der Waals surface area contributed by atoms with Gasteiger partial charge < -0.3 is 10.3 Å². The minimum Gasteiger partial charge on any atom is -0.324 e. The van der Waals surface area contributed by atoms with E-state index in [-0.39, 0.29) is 29.0 Å². The number of aromatic amines is 1. The van der Waals surface area contributed by atoms with Crippen molar-refractivity contribution < 1.29 is 4.79 Å². The smallest absolute Gasteiger partial charge is 0.324 e. The lowest BCUT2D eigenvalue weighted by molar-refractivity contribution is -0.121. The van der Waals surface area contributed by atoms with Crippen LogP contribution in [-0.4, -0.2) is 20.4 Å². The van der Waals surface area contributed by atoms with E-state index in [4.69, 9.17) is 0 Å². The largest absolute Gasteiger partial charge is 0.328 e. The van der Waals surface area contributed by atoms with Crippen molar-refractivity contribution in [2.24, 2.45) is 11.8 Å². The van der Waals surface area contributed by atoms with E-state index >= 15 is 0 Å². The first kappa shape index (κ1) is 20.2. The first-order valence-corrected chi connectivity index (χ1v) is 11.0. The number of carbonyl (C=O) groups excluding carboxylic acids is 1. The molecule has 0 saturated heterocycles. The summed E-state index contributed by atoms with van der Waals surface area (Å²) in [4.78, 5) is 45.3. The molecule has 2 N–H and O–H groups in total. The number of benzene rings is 2. The molecule has 2 aromatic heterocycles. The van der Waals surface area contributed by atoms with Crippen molar-refractivity contribution in [1.29, 1.82) is 0 Å². The first-order valence-electron chi connectivity index (χ1n) is 11.0. The van der Waals surface area contributed by atoms with Gasteiger partial charge in [0.1, 0.15) is 0 Å². The average Bonchev–Trinajstić information content (AvgIpc) is 2.82. The third-order valence-corrected chi connectivity index (χ3v) is 6.44. The van der Waals surface area contributed by atoms with Crippen LogP contribution < -0.4 is 16.6 Å². The van der Waals surface area contributed by atoms with Crippen molar-refractivity contribution >= 4 is 33.4 Å². The van der Waals surface area contributed by atoms with Crippen molar-refractivity contribution in [3.63, 3.8) is 0 Å². The molecule has 1 amide bonds. The van der Waals surface area contributed by atoms with Crippen LogP contribution in [0.2, 0.25) is 0 Å². The maximum Gasteiger partial charge on any atom is 0.328 e. The third kappa shape index (κ3) is 3.82. The monoisotopic (exact) mass is 428 g/mol. The Hall–Kier alpha value is -3.74. The van der Waals surface area contributed by atoms with Crippen LogP contribution in [0.1, 0.15) is 25.7 Å².